The first-order chi connectivity index (χ1) is 12.1. The van der Waals surface area contributed by atoms with E-state index in [-0.39, 0.29) is 17.2 Å². The van der Waals surface area contributed by atoms with E-state index in [1.165, 1.54) is 24.3 Å². The third kappa shape index (κ3) is 3.63. The molecule has 25 heavy (non-hydrogen) atoms. The van der Waals surface area contributed by atoms with E-state index in [1.807, 2.05) is 0 Å². The summed E-state index contributed by atoms with van der Waals surface area (Å²) >= 11 is 0. The molecule has 0 atom stereocenters. The van der Waals surface area contributed by atoms with Crippen LogP contribution in [0, 0.1) is 5.82 Å². The van der Waals surface area contributed by atoms with Crippen molar-refractivity contribution in [3.8, 4) is 0 Å². The standard InChI is InChI=1S/C19H14FNO4/c1-2-24-18(22)13-9-7-12(8-10-13)11-16-19(23)25-17(21-16)14-5-3-4-6-15(14)20/h3-11H,2H2,1H3/b16-11-. The lowest BCUT2D eigenvalue weighted by molar-refractivity contribution is -0.129. The van der Waals surface area contributed by atoms with Crippen LogP contribution in [0.5, 0.6) is 0 Å². The van der Waals surface area contributed by atoms with Crippen molar-refractivity contribution >= 4 is 23.9 Å². The number of carbonyl (C=O) groups is 2. The predicted octanol–water partition coefficient (Wildman–Crippen LogP) is 3.35. The van der Waals surface area contributed by atoms with E-state index in [0.717, 1.165) is 0 Å². The normalized spacial score (nSPS) is 15.0. The van der Waals surface area contributed by atoms with Crippen molar-refractivity contribution in [3.63, 3.8) is 0 Å². The van der Waals surface area contributed by atoms with Gasteiger partial charge in [0.2, 0.25) is 5.90 Å². The molecule has 0 unspecified atom stereocenters. The summed E-state index contributed by atoms with van der Waals surface area (Å²) in [4.78, 5) is 27.6. The summed E-state index contributed by atoms with van der Waals surface area (Å²) in [6.45, 7) is 2.03. The van der Waals surface area contributed by atoms with Crippen LogP contribution in [0.25, 0.3) is 6.08 Å². The van der Waals surface area contributed by atoms with Gasteiger partial charge in [-0.2, -0.15) is 0 Å². The van der Waals surface area contributed by atoms with Gasteiger partial charge in [0.05, 0.1) is 17.7 Å². The highest BCUT2D eigenvalue weighted by molar-refractivity contribution is 6.13. The molecule has 0 bridgehead atoms. The quantitative estimate of drug-likeness (QED) is 0.633. The van der Waals surface area contributed by atoms with Gasteiger partial charge in [0.25, 0.3) is 0 Å². The molecule has 2 aromatic carbocycles. The molecule has 0 aliphatic carbocycles. The Balaban J connectivity index is 1.85. The molecule has 126 valence electrons. The minimum atomic E-state index is -0.660. The summed E-state index contributed by atoms with van der Waals surface area (Å²) < 4.78 is 23.7. The molecule has 1 heterocycles. The first-order valence-corrected chi connectivity index (χ1v) is 7.63. The van der Waals surface area contributed by atoms with E-state index < -0.39 is 17.8 Å². The van der Waals surface area contributed by atoms with Crippen LogP contribution < -0.4 is 0 Å². The van der Waals surface area contributed by atoms with Gasteiger partial charge in [0.1, 0.15) is 5.82 Å². The number of ether oxygens (including phenoxy) is 2. The second-order valence-corrected chi connectivity index (χ2v) is 5.16. The predicted molar refractivity (Wildman–Crippen MR) is 89.4 cm³/mol. The Labute approximate surface area is 143 Å². The van der Waals surface area contributed by atoms with Gasteiger partial charge in [-0.15, -0.1) is 0 Å². The molecule has 6 heteroatoms. The molecule has 0 spiro atoms. The van der Waals surface area contributed by atoms with E-state index in [1.54, 1.807) is 37.3 Å². The fourth-order valence-electron chi connectivity index (χ4n) is 2.25. The third-order valence-corrected chi connectivity index (χ3v) is 3.45. The fourth-order valence-corrected chi connectivity index (χ4v) is 2.25. The molecule has 0 radical (unpaired) electrons. The number of halogens is 1. The van der Waals surface area contributed by atoms with Crippen molar-refractivity contribution in [2.75, 3.05) is 6.61 Å². The van der Waals surface area contributed by atoms with Gasteiger partial charge < -0.3 is 9.47 Å². The van der Waals surface area contributed by atoms with Gasteiger partial charge in [0, 0.05) is 0 Å². The fraction of sp³-hybridized carbons (Fsp3) is 0.105. The van der Waals surface area contributed by atoms with Crippen molar-refractivity contribution < 1.29 is 23.5 Å². The number of aliphatic imine (C=N–C) groups is 1. The van der Waals surface area contributed by atoms with Crippen LogP contribution in [0.1, 0.15) is 28.4 Å². The maximum Gasteiger partial charge on any atom is 0.363 e. The summed E-state index contributed by atoms with van der Waals surface area (Å²) in [6.07, 6.45) is 1.51. The largest absolute Gasteiger partial charge is 0.462 e. The van der Waals surface area contributed by atoms with E-state index in [9.17, 15) is 14.0 Å². The van der Waals surface area contributed by atoms with Crippen LogP contribution in [0.2, 0.25) is 0 Å². The molecule has 1 aliphatic heterocycles. The van der Waals surface area contributed by atoms with Crippen molar-refractivity contribution in [3.05, 3.63) is 76.7 Å². The summed E-state index contributed by atoms with van der Waals surface area (Å²) in [5, 5.41) is 0. The molecular weight excluding hydrogens is 325 g/mol. The van der Waals surface area contributed by atoms with Gasteiger partial charge in [-0.05, 0) is 42.8 Å². The lowest BCUT2D eigenvalue weighted by atomic mass is 10.1. The Kier molecular flexibility index (Phi) is 4.70. The molecule has 0 amide bonds. The summed E-state index contributed by atoms with van der Waals surface area (Å²) in [7, 11) is 0. The number of esters is 2. The number of benzene rings is 2. The summed E-state index contributed by atoms with van der Waals surface area (Å²) in [5.41, 5.74) is 1.24. The van der Waals surface area contributed by atoms with Crippen molar-refractivity contribution in [2.24, 2.45) is 4.99 Å². The Hall–Kier alpha value is -3.28. The van der Waals surface area contributed by atoms with Gasteiger partial charge in [0.15, 0.2) is 5.70 Å². The first kappa shape index (κ1) is 16.6. The second-order valence-electron chi connectivity index (χ2n) is 5.16. The zero-order chi connectivity index (χ0) is 17.8. The number of carbonyl (C=O) groups excluding carboxylic acids is 2. The summed E-state index contributed by atoms with van der Waals surface area (Å²) in [6, 6.07) is 12.4. The van der Waals surface area contributed by atoms with Gasteiger partial charge in [-0.1, -0.05) is 24.3 Å². The Morgan fingerprint density at radius 3 is 2.60 bits per heavy atom. The lowest BCUT2D eigenvalue weighted by Gasteiger charge is -2.01. The highest BCUT2D eigenvalue weighted by Gasteiger charge is 2.25. The summed E-state index contributed by atoms with van der Waals surface area (Å²) in [5.74, 6) is -1.67. The van der Waals surface area contributed by atoms with Crippen LogP contribution in [0.3, 0.4) is 0 Å². The van der Waals surface area contributed by atoms with Crippen LogP contribution in [0.15, 0.2) is 59.2 Å². The number of rotatable bonds is 4. The molecule has 0 fully saturated rings. The maximum absolute atomic E-state index is 13.8. The zero-order valence-corrected chi connectivity index (χ0v) is 13.4. The Bertz CT molecular complexity index is 885. The number of nitrogens with zero attached hydrogens (tertiary/aromatic N) is 1. The third-order valence-electron chi connectivity index (χ3n) is 3.45. The molecule has 2 aromatic rings. The van der Waals surface area contributed by atoms with E-state index in [4.69, 9.17) is 9.47 Å². The SMILES string of the molecule is CCOC(=O)c1ccc(/C=C2\N=C(c3ccccc3F)OC2=O)cc1. The molecular formula is C19H14FNO4. The van der Waals surface area contributed by atoms with Gasteiger partial charge >= 0.3 is 11.9 Å². The zero-order valence-electron chi connectivity index (χ0n) is 13.4. The topological polar surface area (TPSA) is 65.0 Å². The number of hydrogen-bond donors (Lipinski definition) is 0. The van der Waals surface area contributed by atoms with Crippen molar-refractivity contribution in [1.82, 2.24) is 0 Å². The molecule has 3 rings (SSSR count). The average Bonchev–Trinajstić information content (AvgIpc) is 2.96. The minimum absolute atomic E-state index is 0.0575. The molecule has 0 aromatic heterocycles. The first-order valence-electron chi connectivity index (χ1n) is 7.63. The van der Waals surface area contributed by atoms with Crippen molar-refractivity contribution in [1.29, 1.82) is 0 Å². The monoisotopic (exact) mass is 339 g/mol. The minimum Gasteiger partial charge on any atom is -0.462 e. The van der Waals surface area contributed by atoms with Gasteiger partial charge in [-0.25, -0.2) is 19.0 Å². The highest BCUT2D eigenvalue weighted by Crippen LogP contribution is 2.20. The maximum atomic E-state index is 13.8. The molecule has 0 saturated carbocycles. The molecule has 0 N–H and O–H groups in total. The number of hydrogen-bond acceptors (Lipinski definition) is 5. The second kappa shape index (κ2) is 7.09. The van der Waals surface area contributed by atoms with E-state index >= 15 is 0 Å². The van der Waals surface area contributed by atoms with E-state index in [2.05, 4.69) is 4.99 Å². The van der Waals surface area contributed by atoms with Crippen LogP contribution in [-0.4, -0.2) is 24.4 Å². The molecule has 1 aliphatic rings. The lowest BCUT2D eigenvalue weighted by Crippen LogP contribution is -2.07. The van der Waals surface area contributed by atoms with Gasteiger partial charge in [-0.3, -0.25) is 0 Å². The highest BCUT2D eigenvalue weighted by atomic mass is 19.1. The Morgan fingerprint density at radius 2 is 1.92 bits per heavy atom. The molecule has 0 saturated heterocycles. The van der Waals surface area contributed by atoms with Crippen LogP contribution in [0.4, 0.5) is 4.39 Å². The number of cyclic esters (lactones) is 1. The van der Waals surface area contributed by atoms with Crippen molar-refractivity contribution in [2.45, 2.75) is 6.92 Å². The van der Waals surface area contributed by atoms with E-state index in [0.29, 0.717) is 17.7 Å². The average molecular weight is 339 g/mol. The smallest absolute Gasteiger partial charge is 0.363 e. The van der Waals surface area contributed by atoms with Crippen LogP contribution in [-0.2, 0) is 14.3 Å². The van der Waals surface area contributed by atoms with Crippen LogP contribution >= 0.6 is 0 Å². The molecule has 5 nitrogen and oxygen atoms in total. The Morgan fingerprint density at radius 1 is 1.20 bits per heavy atom.